The van der Waals surface area contributed by atoms with Crippen molar-refractivity contribution in [1.82, 2.24) is 0 Å². The fourth-order valence-corrected chi connectivity index (χ4v) is 0.348. The van der Waals surface area contributed by atoms with Gasteiger partial charge >= 0.3 is 0 Å². The molecule has 0 bridgehead atoms. The monoisotopic (exact) mass is 120 g/mol. The Kier molecular flexibility index (Phi) is 6.36. The molecular weight excluding hydrogens is 108 g/mol. The third-order valence-corrected chi connectivity index (χ3v) is 0.757. The van der Waals surface area contributed by atoms with Crippen LogP contribution in [0.25, 0.3) is 0 Å². The molecule has 0 amide bonds. The quantitative estimate of drug-likeness (QED) is 0.491. The molecule has 0 aliphatic rings. The van der Waals surface area contributed by atoms with Gasteiger partial charge in [-0.25, -0.2) is 0 Å². The first-order valence-corrected chi connectivity index (χ1v) is 3.31. The van der Waals surface area contributed by atoms with Crippen molar-refractivity contribution in [3.05, 3.63) is 29.3 Å². The molecule has 0 N–H and O–H groups in total. The minimum atomic E-state index is 1.01. The Morgan fingerprint density at radius 3 is 1.78 bits per heavy atom. The molecule has 0 aliphatic heterocycles. The Bertz CT molecular complexity index is 150. The molecule has 0 heteroatoms. The molecule has 48 valence electrons. The highest BCUT2D eigenvalue weighted by atomic mass is 13.6. The van der Waals surface area contributed by atoms with E-state index in [9.17, 15) is 0 Å². The summed E-state index contributed by atoms with van der Waals surface area (Å²) in [7, 11) is 0. The van der Waals surface area contributed by atoms with Crippen molar-refractivity contribution in [2.24, 2.45) is 0 Å². The number of hydrogen-bond donors (Lipinski definition) is 0. The summed E-state index contributed by atoms with van der Waals surface area (Å²) in [4.78, 5) is 0. The van der Waals surface area contributed by atoms with E-state index in [1.165, 1.54) is 0 Å². The summed E-state index contributed by atoms with van der Waals surface area (Å²) < 4.78 is 0. The molecule has 0 rings (SSSR count). The molecule has 0 aromatic rings. The van der Waals surface area contributed by atoms with E-state index in [1.54, 1.807) is 0 Å². The van der Waals surface area contributed by atoms with Gasteiger partial charge < -0.3 is 0 Å². The minimum absolute atomic E-state index is 1.01. The minimum Gasteiger partial charge on any atom is -0.0659 e. The standard InChI is InChI=1S/C9H12/c1-3-5-7-9-8-6-4-2/h5-6H,3-4H2,1-2H3. The summed E-state index contributed by atoms with van der Waals surface area (Å²) in [6.07, 6.45) is 5.88. The SMILES string of the molecule is CCC=C=C=C=CCC. The molecule has 9 heavy (non-hydrogen) atoms. The average molecular weight is 120 g/mol. The summed E-state index contributed by atoms with van der Waals surface area (Å²) in [6, 6.07) is 0. The zero-order valence-electron chi connectivity index (χ0n) is 6.07. The lowest BCUT2D eigenvalue weighted by Gasteiger charge is -1.62. The van der Waals surface area contributed by atoms with Crippen LogP contribution in [0.4, 0.5) is 0 Å². The van der Waals surface area contributed by atoms with Crippen molar-refractivity contribution in [3.8, 4) is 0 Å². The lowest BCUT2D eigenvalue weighted by molar-refractivity contribution is 1.23. The van der Waals surface area contributed by atoms with Crippen molar-refractivity contribution in [2.75, 3.05) is 0 Å². The van der Waals surface area contributed by atoms with Gasteiger partial charge in [0.05, 0.1) is 0 Å². The van der Waals surface area contributed by atoms with E-state index in [0.29, 0.717) is 0 Å². The second-order valence-electron chi connectivity index (χ2n) is 1.64. The van der Waals surface area contributed by atoms with Crippen LogP contribution in [0.5, 0.6) is 0 Å². The summed E-state index contributed by atoms with van der Waals surface area (Å²) in [5, 5.41) is 0. The van der Waals surface area contributed by atoms with E-state index in [-0.39, 0.29) is 0 Å². The number of hydrogen-bond acceptors (Lipinski definition) is 0. The third kappa shape index (κ3) is 7.08. The van der Waals surface area contributed by atoms with Gasteiger partial charge in [0.15, 0.2) is 0 Å². The summed E-state index contributed by atoms with van der Waals surface area (Å²) >= 11 is 0. The maximum absolute atomic E-state index is 2.85. The molecule has 0 aliphatic carbocycles. The highest BCUT2D eigenvalue weighted by Gasteiger charge is 1.55. The normalized spacial score (nSPS) is 6.44. The van der Waals surface area contributed by atoms with Crippen LogP contribution in [0, 0.1) is 0 Å². The van der Waals surface area contributed by atoms with Crippen LogP contribution in [0.3, 0.4) is 0 Å². The van der Waals surface area contributed by atoms with Gasteiger partial charge in [0, 0.05) is 0 Å². The zero-order valence-corrected chi connectivity index (χ0v) is 6.07. The lowest BCUT2D eigenvalue weighted by Crippen LogP contribution is -1.43. The van der Waals surface area contributed by atoms with Crippen LogP contribution in [0.1, 0.15) is 26.7 Å². The molecule has 0 fully saturated rings. The topological polar surface area (TPSA) is 0 Å². The molecular formula is C9H12. The predicted molar refractivity (Wildman–Crippen MR) is 40.3 cm³/mol. The largest absolute Gasteiger partial charge is 0.0659 e. The van der Waals surface area contributed by atoms with Crippen molar-refractivity contribution in [3.63, 3.8) is 0 Å². The van der Waals surface area contributed by atoms with Gasteiger partial charge in [-0.05, 0) is 30.7 Å². The molecule has 0 atom stereocenters. The molecule has 0 nitrogen and oxygen atoms in total. The van der Waals surface area contributed by atoms with Crippen molar-refractivity contribution in [2.45, 2.75) is 26.7 Å². The molecule has 0 heterocycles. The Labute approximate surface area is 56.9 Å². The van der Waals surface area contributed by atoms with Crippen LogP contribution in [-0.4, -0.2) is 0 Å². The van der Waals surface area contributed by atoms with Crippen LogP contribution < -0.4 is 0 Å². The maximum atomic E-state index is 2.85. The molecule has 0 saturated heterocycles. The first-order valence-electron chi connectivity index (χ1n) is 3.31. The Morgan fingerprint density at radius 2 is 1.44 bits per heavy atom. The van der Waals surface area contributed by atoms with Gasteiger partial charge in [-0.2, -0.15) is 0 Å². The Balaban J connectivity index is 3.94. The van der Waals surface area contributed by atoms with Gasteiger partial charge in [0.1, 0.15) is 0 Å². The number of rotatable bonds is 2. The van der Waals surface area contributed by atoms with E-state index < -0.39 is 0 Å². The molecule has 0 saturated carbocycles. The van der Waals surface area contributed by atoms with Crippen LogP contribution >= 0.6 is 0 Å². The van der Waals surface area contributed by atoms with Gasteiger partial charge in [0.25, 0.3) is 0 Å². The van der Waals surface area contributed by atoms with E-state index in [1.807, 2.05) is 12.2 Å². The molecule has 0 aromatic carbocycles. The Hall–Kier alpha value is -0.920. The smallest absolute Gasteiger partial charge is 0.0197 e. The molecule has 0 aromatic heterocycles. The summed E-state index contributed by atoms with van der Waals surface area (Å²) in [6.45, 7) is 4.14. The van der Waals surface area contributed by atoms with Crippen molar-refractivity contribution >= 4 is 0 Å². The van der Waals surface area contributed by atoms with E-state index in [2.05, 4.69) is 31.0 Å². The highest BCUT2D eigenvalue weighted by molar-refractivity contribution is 4.86. The fraction of sp³-hybridized carbons (Fsp3) is 0.444. The van der Waals surface area contributed by atoms with Gasteiger partial charge in [-0.15, -0.1) is 0 Å². The summed E-state index contributed by atoms with van der Waals surface area (Å²) in [5.41, 5.74) is 8.48. The van der Waals surface area contributed by atoms with Crippen molar-refractivity contribution in [1.29, 1.82) is 0 Å². The van der Waals surface area contributed by atoms with E-state index in [0.717, 1.165) is 12.8 Å². The average Bonchev–Trinajstić information content (AvgIpc) is 1.89. The Morgan fingerprint density at radius 1 is 1.00 bits per heavy atom. The lowest BCUT2D eigenvalue weighted by atomic mass is 10.4. The van der Waals surface area contributed by atoms with Gasteiger partial charge in [-0.3, -0.25) is 0 Å². The van der Waals surface area contributed by atoms with Gasteiger partial charge in [-0.1, -0.05) is 25.3 Å². The maximum Gasteiger partial charge on any atom is -0.0197 e. The molecule has 0 spiro atoms. The predicted octanol–water partition coefficient (Wildman–Crippen LogP) is 2.83. The summed E-state index contributed by atoms with van der Waals surface area (Å²) in [5.74, 6) is 0. The van der Waals surface area contributed by atoms with E-state index in [4.69, 9.17) is 0 Å². The zero-order chi connectivity index (χ0) is 6.95. The second kappa shape index (κ2) is 7.08. The third-order valence-electron chi connectivity index (χ3n) is 0.757. The number of allylic oxidation sites excluding steroid dienone is 2. The highest BCUT2D eigenvalue weighted by Crippen LogP contribution is 1.74. The van der Waals surface area contributed by atoms with Crippen LogP contribution in [0.15, 0.2) is 29.3 Å². The molecule has 0 radical (unpaired) electrons. The molecule has 0 unspecified atom stereocenters. The first-order chi connectivity index (χ1) is 4.41. The van der Waals surface area contributed by atoms with Gasteiger partial charge in [0.2, 0.25) is 0 Å². The van der Waals surface area contributed by atoms with E-state index >= 15 is 0 Å². The fourth-order valence-electron chi connectivity index (χ4n) is 0.348. The van der Waals surface area contributed by atoms with Crippen molar-refractivity contribution < 1.29 is 0 Å². The first kappa shape index (κ1) is 8.08. The van der Waals surface area contributed by atoms with Crippen LogP contribution in [-0.2, 0) is 0 Å². The second-order valence-corrected chi connectivity index (χ2v) is 1.64. The van der Waals surface area contributed by atoms with Crippen LogP contribution in [0.2, 0.25) is 0 Å².